The van der Waals surface area contributed by atoms with Crippen LogP contribution in [0.15, 0.2) is 51.6 Å². The monoisotopic (exact) mass is 504 g/mol. The van der Waals surface area contributed by atoms with E-state index in [1.807, 2.05) is 17.5 Å². The molecule has 2 aromatic heterocycles. The number of nitrogens with zero attached hydrogens (tertiary/aromatic N) is 2. The lowest BCUT2D eigenvalue weighted by molar-refractivity contribution is -0.144. The van der Waals surface area contributed by atoms with E-state index in [-0.39, 0.29) is 23.9 Å². The number of ether oxygens (including phenoxy) is 1. The van der Waals surface area contributed by atoms with Crippen molar-refractivity contribution in [3.63, 3.8) is 0 Å². The number of halogens is 1. The zero-order valence-electron chi connectivity index (χ0n) is 17.2. The highest BCUT2D eigenvalue weighted by molar-refractivity contribution is 8.00. The maximum Gasteiger partial charge on any atom is 0.326 e. The second-order valence-electron chi connectivity index (χ2n) is 7.47. The molecule has 7 nitrogen and oxygen atoms in total. The first kappa shape index (κ1) is 22.1. The molecule has 11 heteroatoms. The predicted octanol–water partition coefficient (Wildman–Crippen LogP) is 3.47. The molecular formula is C22H17FN2O5S3. The number of benzene rings is 1. The van der Waals surface area contributed by atoms with Crippen LogP contribution in [0.25, 0.3) is 0 Å². The molecule has 4 heterocycles. The van der Waals surface area contributed by atoms with E-state index in [0.717, 1.165) is 32.9 Å². The van der Waals surface area contributed by atoms with Gasteiger partial charge in [0.2, 0.25) is 11.8 Å². The number of aromatic nitrogens is 1. The number of hydrogen-bond acceptors (Lipinski definition) is 8. The van der Waals surface area contributed by atoms with Crippen LogP contribution in [0.3, 0.4) is 0 Å². The number of imide groups is 1. The standard InChI is InChI=1S/C22H17FN2O5S3/c1-2-30-14(26)10-24-21-18(33-22(24)29)15(13-4-3-9-31-13)16-17(32-21)20(28)25(19(16)27)12-7-5-11(23)6-8-12/h3-9,15-17H,2,10H2,1H3. The number of thiazole rings is 1. The highest BCUT2D eigenvalue weighted by Gasteiger charge is 2.57. The second-order valence-corrected chi connectivity index (χ2v) is 10.6. The first-order valence-corrected chi connectivity index (χ1v) is 12.7. The lowest BCUT2D eigenvalue weighted by Crippen LogP contribution is -2.32. The number of rotatable bonds is 5. The van der Waals surface area contributed by atoms with Crippen molar-refractivity contribution in [2.24, 2.45) is 5.92 Å². The summed E-state index contributed by atoms with van der Waals surface area (Å²) in [5.74, 6) is -3.02. The number of hydrogen-bond donors (Lipinski definition) is 0. The Hall–Kier alpha value is -2.76. The zero-order chi connectivity index (χ0) is 23.3. The van der Waals surface area contributed by atoms with E-state index >= 15 is 0 Å². The van der Waals surface area contributed by atoms with E-state index in [4.69, 9.17) is 4.74 Å². The Kier molecular flexibility index (Phi) is 5.71. The van der Waals surface area contributed by atoms with Crippen LogP contribution in [0.5, 0.6) is 0 Å². The molecule has 0 radical (unpaired) electrons. The minimum absolute atomic E-state index is 0.190. The summed E-state index contributed by atoms with van der Waals surface area (Å²) in [7, 11) is 0. The van der Waals surface area contributed by atoms with Crippen molar-refractivity contribution in [3.05, 3.63) is 67.0 Å². The molecule has 2 aliphatic heterocycles. The molecule has 1 fully saturated rings. The Labute approximate surface area is 199 Å². The van der Waals surface area contributed by atoms with Crippen molar-refractivity contribution in [2.75, 3.05) is 11.5 Å². The second kappa shape index (κ2) is 8.54. The van der Waals surface area contributed by atoms with E-state index in [0.29, 0.717) is 15.6 Å². The summed E-state index contributed by atoms with van der Waals surface area (Å²) in [4.78, 5) is 54.2. The third kappa shape index (κ3) is 3.64. The lowest BCUT2D eigenvalue weighted by Gasteiger charge is -2.29. The Morgan fingerprint density at radius 3 is 2.55 bits per heavy atom. The average Bonchev–Trinajstić information content (AvgIpc) is 3.48. The van der Waals surface area contributed by atoms with Crippen LogP contribution in [0, 0.1) is 11.7 Å². The zero-order valence-corrected chi connectivity index (χ0v) is 19.7. The molecule has 170 valence electrons. The molecule has 3 atom stereocenters. The molecular weight excluding hydrogens is 487 g/mol. The molecule has 3 aromatic rings. The summed E-state index contributed by atoms with van der Waals surface area (Å²) in [6.45, 7) is 1.61. The Morgan fingerprint density at radius 2 is 1.88 bits per heavy atom. The molecule has 3 unspecified atom stereocenters. The molecule has 1 saturated heterocycles. The fourth-order valence-electron chi connectivity index (χ4n) is 4.21. The number of esters is 1. The van der Waals surface area contributed by atoms with Gasteiger partial charge in [0.1, 0.15) is 17.6 Å². The van der Waals surface area contributed by atoms with Crippen molar-refractivity contribution in [3.8, 4) is 0 Å². The fraction of sp³-hybridized carbons (Fsp3) is 0.273. The van der Waals surface area contributed by atoms with Gasteiger partial charge in [-0.1, -0.05) is 29.2 Å². The molecule has 0 aliphatic carbocycles. The number of thioether (sulfide) groups is 1. The van der Waals surface area contributed by atoms with Crippen LogP contribution in [-0.4, -0.2) is 34.2 Å². The van der Waals surface area contributed by atoms with Gasteiger partial charge in [0.05, 0.1) is 23.2 Å². The summed E-state index contributed by atoms with van der Waals surface area (Å²) < 4.78 is 19.8. The predicted molar refractivity (Wildman–Crippen MR) is 123 cm³/mol. The quantitative estimate of drug-likeness (QED) is 0.391. The Bertz CT molecular complexity index is 1300. The van der Waals surface area contributed by atoms with E-state index in [1.165, 1.54) is 40.2 Å². The van der Waals surface area contributed by atoms with Gasteiger partial charge in [0, 0.05) is 15.7 Å². The van der Waals surface area contributed by atoms with Crippen LogP contribution in [-0.2, 0) is 25.7 Å². The van der Waals surface area contributed by atoms with Gasteiger partial charge in [-0.05, 0) is 42.6 Å². The number of fused-ring (bicyclic) bond motifs is 2. The van der Waals surface area contributed by atoms with Gasteiger partial charge in [-0.25, -0.2) is 9.29 Å². The minimum Gasteiger partial charge on any atom is -0.465 e. The molecule has 0 saturated carbocycles. The number of carbonyl (C=O) groups excluding carboxylic acids is 3. The first-order chi connectivity index (χ1) is 15.9. The molecule has 1 aromatic carbocycles. The lowest BCUT2D eigenvalue weighted by atomic mass is 9.87. The molecule has 0 spiro atoms. The van der Waals surface area contributed by atoms with E-state index in [2.05, 4.69) is 0 Å². The average molecular weight is 505 g/mol. The molecule has 0 N–H and O–H groups in total. The van der Waals surface area contributed by atoms with Crippen molar-refractivity contribution in [1.29, 1.82) is 0 Å². The maximum absolute atomic E-state index is 13.6. The van der Waals surface area contributed by atoms with Crippen molar-refractivity contribution in [2.45, 2.75) is 29.7 Å². The molecule has 0 bridgehead atoms. The summed E-state index contributed by atoms with van der Waals surface area (Å²) in [6, 6.07) is 8.95. The highest BCUT2D eigenvalue weighted by atomic mass is 32.2. The number of thiophene rings is 1. The van der Waals surface area contributed by atoms with Crippen molar-refractivity contribution in [1.82, 2.24) is 4.57 Å². The van der Waals surface area contributed by atoms with Gasteiger partial charge in [-0.2, -0.15) is 0 Å². The largest absolute Gasteiger partial charge is 0.465 e. The summed E-state index contributed by atoms with van der Waals surface area (Å²) in [5, 5.41) is 1.62. The van der Waals surface area contributed by atoms with Gasteiger partial charge in [0.25, 0.3) is 0 Å². The molecule has 2 aliphatic rings. The Balaban J connectivity index is 1.61. The molecule has 5 rings (SSSR count). The van der Waals surface area contributed by atoms with Crippen LogP contribution in [0.2, 0.25) is 0 Å². The summed E-state index contributed by atoms with van der Waals surface area (Å²) in [6.07, 6.45) is 0. The third-order valence-corrected chi connectivity index (χ3v) is 9.14. The first-order valence-electron chi connectivity index (χ1n) is 10.1. The van der Waals surface area contributed by atoms with Crippen molar-refractivity contribution < 1.29 is 23.5 Å². The summed E-state index contributed by atoms with van der Waals surface area (Å²) in [5.41, 5.74) is 0.304. The normalized spacial score (nSPS) is 21.8. The van der Waals surface area contributed by atoms with Crippen LogP contribution >= 0.6 is 34.4 Å². The molecule has 2 amide bonds. The third-order valence-electron chi connectivity index (χ3n) is 5.58. The van der Waals surface area contributed by atoms with Crippen LogP contribution in [0.1, 0.15) is 22.6 Å². The molecule has 33 heavy (non-hydrogen) atoms. The van der Waals surface area contributed by atoms with Gasteiger partial charge in [0.15, 0.2) is 0 Å². The minimum atomic E-state index is -0.774. The number of anilines is 1. The number of carbonyl (C=O) groups is 3. The smallest absolute Gasteiger partial charge is 0.326 e. The Morgan fingerprint density at radius 1 is 1.12 bits per heavy atom. The van der Waals surface area contributed by atoms with Gasteiger partial charge in [-0.15, -0.1) is 11.3 Å². The van der Waals surface area contributed by atoms with Gasteiger partial charge in [-0.3, -0.25) is 23.7 Å². The van der Waals surface area contributed by atoms with E-state index in [9.17, 15) is 23.6 Å². The van der Waals surface area contributed by atoms with E-state index < -0.39 is 34.8 Å². The van der Waals surface area contributed by atoms with Crippen LogP contribution in [0.4, 0.5) is 10.1 Å². The maximum atomic E-state index is 13.6. The number of amides is 2. The van der Waals surface area contributed by atoms with Crippen LogP contribution < -0.4 is 9.77 Å². The SMILES string of the molecule is CCOC(=O)Cn1c2c(sc1=O)C(c1cccs1)C1C(=O)N(c3ccc(F)cc3)C(=O)C1S2. The fourth-order valence-corrected chi connectivity index (χ4v) is 7.93. The van der Waals surface area contributed by atoms with Gasteiger partial charge < -0.3 is 4.74 Å². The van der Waals surface area contributed by atoms with E-state index in [1.54, 1.807) is 6.92 Å². The topological polar surface area (TPSA) is 85.7 Å². The highest BCUT2D eigenvalue weighted by Crippen LogP contribution is 2.54. The van der Waals surface area contributed by atoms with Crippen molar-refractivity contribution >= 4 is 57.9 Å². The summed E-state index contributed by atoms with van der Waals surface area (Å²) >= 11 is 3.57. The van der Waals surface area contributed by atoms with Gasteiger partial charge >= 0.3 is 10.8 Å².